The van der Waals surface area contributed by atoms with Crippen LogP contribution >= 0.6 is 34.8 Å². The van der Waals surface area contributed by atoms with Gasteiger partial charge in [0, 0.05) is 16.2 Å². The summed E-state index contributed by atoms with van der Waals surface area (Å²) < 4.78 is 0. The maximum atomic E-state index is 6.20. The Morgan fingerprint density at radius 2 is 1.89 bits per heavy atom. The van der Waals surface area contributed by atoms with Gasteiger partial charge in [-0.2, -0.15) is 0 Å². The predicted octanol–water partition coefficient (Wildman–Crippen LogP) is 5.52. The van der Waals surface area contributed by atoms with Gasteiger partial charge in [0.05, 0.1) is 11.7 Å². The van der Waals surface area contributed by atoms with Gasteiger partial charge in [-0.15, -0.1) is 0 Å². The number of halogens is 3. The third kappa shape index (κ3) is 3.33. The molecule has 0 aliphatic heterocycles. The molecule has 1 atom stereocenters. The molecule has 1 unspecified atom stereocenters. The summed E-state index contributed by atoms with van der Waals surface area (Å²) in [5.74, 6) is 0. The highest BCUT2D eigenvalue weighted by Gasteiger charge is 2.13. The molecule has 0 radical (unpaired) electrons. The van der Waals surface area contributed by atoms with Crippen LogP contribution in [0.3, 0.4) is 0 Å². The lowest BCUT2D eigenvalue weighted by molar-refractivity contribution is 0.881. The van der Waals surface area contributed by atoms with Gasteiger partial charge >= 0.3 is 0 Å². The summed E-state index contributed by atoms with van der Waals surface area (Å²) in [5.41, 5.74) is 2.82. The maximum Gasteiger partial charge on any atom is 0.152 e. The van der Waals surface area contributed by atoms with Crippen LogP contribution in [0.15, 0.2) is 30.5 Å². The van der Waals surface area contributed by atoms with E-state index >= 15 is 0 Å². The summed E-state index contributed by atoms with van der Waals surface area (Å²) in [7, 11) is 0. The van der Waals surface area contributed by atoms with Gasteiger partial charge in [0.25, 0.3) is 0 Å². The average molecular weight is 316 g/mol. The van der Waals surface area contributed by atoms with Crippen molar-refractivity contribution >= 4 is 40.5 Å². The number of hydrogen-bond donors (Lipinski definition) is 1. The van der Waals surface area contributed by atoms with E-state index < -0.39 is 0 Å². The molecular formula is C14H13Cl3N2. The van der Waals surface area contributed by atoms with Gasteiger partial charge < -0.3 is 5.32 Å². The fourth-order valence-electron chi connectivity index (χ4n) is 1.85. The van der Waals surface area contributed by atoms with Crippen LogP contribution in [-0.4, -0.2) is 4.98 Å². The molecule has 2 rings (SSSR count). The second kappa shape index (κ2) is 6.00. The molecule has 0 fully saturated rings. The van der Waals surface area contributed by atoms with E-state index in [1.807, 2.05) is 32.0 Å². The monoisotopic (exact) mass is 314 g/mol. The molecule has 2 nitrogen and oxygen atoms in total. The Labute approximate surface area is 127 Å². The number of aryl methyl sites for hydroxylation is 1. The van der Waals surface area contributed by atoms with Gasteiger partial charge in [-0.1, -0.05) is 40.9 Å². The van der Waals surface area contributed by atoms with Crippen molar-refractivity contribution in [3.8, 4) is 0 Å². The summed E-state index contributed by atoms with van der Waals surface area (Å²) in [6.45, 7) is 3.99. The highest BCUT2D eigenvalue weighted by molar-refractivity contribution is 6.35. The molecule has 0 bridgehead atoms. The van der Waals surface area contributed by atoms with E-state index in [0.717, 1.165) is 16.8 Å². The second-order valence-corrected chi connectivity index (χ2v) is 5.53. The zero-order chi connectivity index (χ0) is 14.0. The van der Waals surface area contributed by atoms with Crippen molar-refractivity contribution in [1.29, 1.82) is 0 Å². The molecule has 100 valence electrons. The van der Waals surface area contributed by atoms with E-state index in [1.165, 1.54) is 0 Å². The molecule has 5 heteroatoms. The normalized spacial score (nSPS) is 12.3. The van der Waals surface area contributed by atoms with Crippen LogP contribution in [0, 0.1) is 6.92 Å². The van der Waals surface area contributed by atoms with Crippen LogP contribution in [0.4, 0.5) is 5.69 Å². The minimum Gasteiger partial charge on any atom is -0.376 e. The first-order chi connectivity index (χ1) is 8.99. The van der Waals surface area contributed by atoms with Gasteiger partial charge in [-0.25, -0.2) is 4.98 Å². The number of pyridine rings is 1. The van der Waals surface area contributed by atoms with E-state index in [1.54, 1.807) is 12.3 Å². The first-order valence-electron chi connectivity index (χ1n) is 5.81. The molecule has 0 saturated heterocycles. The minimum atomic E-state index is 0.00478. The van der Waals surface area contributed by atoms with Crippen LogP contribution in [0.25, 0.3) is 0 Å². The van der Waals surface area contributed by atoms with Crippen molar-refractivity contribution in [2.75, 3.05) is 5.32 Å². The summed E-state index contributed by atoms with van der Waals surface area (Å²) >= 11 is 18.2. The Balaban J connectivity index is 2.28. The van der Waals surface area contributed by atoms with Gasteiger partial charge in [0.2, 0.25) is 0 Å². The Kier molecular flexibility index (Phi) is 4.56. The number of nitrogens with zero attached hydrogens (tertiary/aromatic N) is 1. The van der Waals surface area contributed by atoms with Crippen molar-refractivity contribution in [2.24, 2.45) is 0 Å². The van der Waals surface area contributed by atoms with E-state index in [0.29, 0.717) is 15.2 Å². The van der Waals surface area contributed by atoms with Gasteiger partial charge in [-0.05, 0) is 43.2 Å². The Hall–Kier alpha value is -0.960. The quantitative estimate of drug-likeness (QED) is 0.754. The molecule has 1 heterocycles. The number of benzene rings is 1. The van der Waals surface area contributed by atoms with Gasteiger partial charge in [0.1, 0.15) is 0 Å². The smallest absolute Gasteiger partial charge is 0.152 e. The summed E-state index contributed by atoms with van der Waals surface area (Å²) in [4.78, 5) is 4.07. The number of rotatable bonds is 3. The Bertz CT molecular complexity index is 579. The number of nitrogens with one attached hydrogen (secondary N) is 1. The van der Waals surface area contributed by atoms with Gasteiger partial charge in [-0.3, -0.25) is 0 Å². The summed E-state index contributed by atoms with van der Waals surface area (Å²) in [6.07, 6.45) is 1.68. The summed E-state index contributed by atoms with van der Waals surface area (Å²) in [6, 6.07) is 7.37. The van der Waals surface area contributed by atoms with Crippen molar-refractivity contribution < 1.29 is 0 Å². The molecule has 0 saturated carbocycles. The zero-order valence-corrected chi connectivity index (χ0v) is 12.8. The van der Waals surface area contributed by atoms with E-state index in [2.05, 4.69) is 10.3 Å². The standard InChI is InChI=1S/C14H13Cl3N2/c1-8-5-6-18-14(17)13(8)19-9(2)11-4-3-10(15)7-12(11)16/h3-7,9,19H,1-2H3. The van der Waals surface area contributed by atoms with E-state index in [-0.39, 0.29) is 6.04 Å². The van der Waals surface area contributed by atoms with Crippen LogP contribution in [0.2, 0.25) is 15.2 Å². The third-order valence-corrected chi connectivity index (χ3v) is 3.75. The van der Waals surface area contributed by atoms with Crippen molar-refractivity contribution in [3.05, 3.63) is 56.8 Å². The van der Waals surface area contributed by atoms with Crippen LogP contribution in [0.1, 0.15) is 24.1 Å². The lowest BCUT2D eigenvalue weighted by Crippen LogP contribution is -2.09. The third-order valence-electron chi connectivity index (χ3n) is 2.90. The molecule has 0 aliphatic rings. The second-order valence-electron chi connectivity index (χ2n) is 4.33. The zero-order valence-electron chi connectivity index (χ0n) is 10.5. The Morgan fingerprint density at radius 3 is 2.53 bits per heavy atom. The Morgan fingerprint density at radius 1 is 1.16 bits per heavy atom. The molecule has 1 aromatic carbocycles. The molecule has 1 aromatic heterocycles. The summed E-state index contributed by atoms with van der Waals surface area (Å²) in [5, 5.41) is 5.04. The lowest BCUT2D eigenvalue weighted by atomic mass is 10.1. The topological polar surface area (TPSA) is 24.9 Å². The molecule has 19 heavy (non-hydrogen) atoms. The highest BCUT2D eigenvalue weighted by Crippen LogP contribution is 2.31. The van der Waals surface area contributed by atoms with E-state index in [4.69, 9.17) is 34.8 Å². The van der Waals surface area contributed by atoms with Crippen molar-refractivity contribution in [1.82, 2.24) is 4.98 Å². The highest BCUT2D eigenvalue weighted by atomic mass is 35.5. The van der Waals surface area contributed by atoms with E-state index in [9.17, 15) is 0 Å². The predicted molar refractivity (Wildman–Crippen MR) is 82.5 cm³/mol. The molecule has 1 N–H and O–H groups in total. The SMILES string of the molecule is Cc1ccnc(Cl)c1NC(C)c1ccc(Cl)cc1Cl. The van der Waals surface area contributed by atoms with Crippen LogP contribution in [0.5, 0.6) is 0 Å². The number of hydrogen-bond acceptors (Lipinski definition) is 2. The van der Waals surface area contributed by atoms with Crippen LogP contribution < -0.4 is 5.32 Å². The van der Waals surface area contributed by atoms with Crippen molar-refractivity contribution in [2.45, 2.75) is 19.9 Å². The number of aromatic nitrogens is 1. The lowest BCUT2D eigenvalue weighted by Gasteiger charge is -2.19. The fourth-order valence-corrected chi connectivity index (χ4v) is 2.68. The average Bonchev–Trinajstić information content (AvgIpc) is 2.33. The molecule has 2 aromatic rings. The van der Waals surface area contributed by atoms with Gasteiger partial charge in [0.15, 0.2) is 5.15 Å². The first kappa shape index (κ1) is 14.4. The first-order valence-corrected chi connectivity index (χ1v) is 6.95. The molecule has 0 aliphatic carbocycles. The fraction of sp³-hybridized carbons (Fsp3) is 0.214. The van der Waals surface area contributed by atoms with Crippen molar-refractivity contribution in [3.63, 3.8) is 0 Å². The molecular weight excluding hydrogens is 303 g/mol. The largest absolute Gasteiger partial charge is 0.376 e. The minimum absolute atomic E-state index is 0.00478. The van der Waals surface area contributed by atoms with Crippen LogP contribution in [-0.2, 0) is 0 Å². The molecule has 0 spiro atoms. The number of anilines is 1. The molecule has 0 amide bonds. The maximum absolute atomic E-state index is 6.20.